The largest absolute Gasteiger partial charge is 0.467 e. The maximum atomic E-state index is 12.0. The fourth-order valence-electron chi connectivity index (χ4n) is 2.49. The topological polar surface area (TPSA) is 35.5 Å². The molecule has 0 saturated heterocycles. The molecule has 0 spiro atoms. The molecular formula is C16H24O3Si. The van der Waals surface area contributed by atoms with Gasteiger partial charge in [0.25, 0.3) is 0 Å². The molecule has 4 heteroatoms. The zero-order valence-corrected chi connectivity index (χ0v) is 13.9. The van der Waals surface area contributed by atoms with E-state index in [1.165, 1.54) is 12.3 Å². The number of carbonyl (C=O) groups excluding carboxylic acids is 1. The van der Waals surface area contributed by atoms with Crippen molar-refractivity contribution >= 4 is 19.2 Å². The number of methoxy groups -OCH3 is 2. The van der Waals surface area contributed by atoms with E-state index in [-0.39, 0.29) is 11.5 Å². The van der Waals surface area contributed by atoms with Crippen LogP contribution in [0.15, 0.2) is 42.5 Å². The summed E-state index contributed by atoms with van der Waals surface area (Å²) in [4.78, 5) is 12.0. The van der Waals surface area contributed by atoms with Gasteiger partial charge in [-0.3, -0.25) is 0 Å². The predicted molar refractivity (Wildman–Crippen MR) is 84.9 cm³/mol. The SMILES string of the molecule is C/C=C/[C@H]([C@H](OC)C(=O)OC)[Si](C)(C)c1ccccc1. The molecule has 2 atom stereocenters. The molecule has 0 fully saturated rings. The highest BCUT2D eigenvalue weighted by Crippen LogP contribution is 2.29. The number of hydrogen-bond donors (Lipinski definition) is 0. The highest BCUT2D eigenvalue weighted by molar-refractivity contribution is 6.91. The minimum Gasteiger partial charge on any atom is -0.467 e. The van der Waals surface area contributed by atoms with Crippen molar-refractivity contribution in [3.8, 4) is 0 Å². The number of allylic oxidation sites excluding steroid dienone is 1. The van der Waals surface area contributed by atoms with Gasteiger partial charge in [-0.25, -0.2) is 4.79 Å². The van der Waals surface area contributed by atoms with Crippen LogP contribution in [0.3, 0.4) is 0 Å². The molecule has 0 unspecified atom stereocenters. The molecular weight excluding hydrogens is 268 g/mol. The lowest BCUT2D eigenvalue weighted by Crippen LogP contribution is -2.51. The van der Waals surface area contributed by atoms with Gasteiger partial charge in [-0.2, -0.15) is 0 Å². The molecule has 0 aliphatic heterocycles. The van der Waals surface area contributed by atoms with Crippen LogP contribution in [-0.2, 0) is 14.3 Å². The highest BCUT2D eigenvalue weighted by atomic mass is 28.3. The van der Waals surface area contributed by atoms with E-state index in [0.717, 1.165) is 0 Å². The monoisotopic (exact) mass is 292 g/mol. The first kappa shape index (κ1) is 16.7. The van der Waals surface area contributed by atoms with E-state index < -0.39 is 14.2 Å². The Kier molecular flexibility index (Phi) is 6.17. The number of hydrogen-bond acceptors (Lipinski definition) is 3. The van der Waals surface area contributed by atoms with Gasteiger partial charge in [0.15, 0.2) is 6.10 Å². The third kappa shape index (κ3) is 3.58. The first-order chi connectivity index (χ1) is 9.48. The Morgan fingerprint density at radius 2 is 1.80 bits per heavy atom. The summed E-state index contributed by atoms with van der Waals surface area (Å²) in [5, 5.41) is 1.30. The van der Waals surface area contributed by atoms with Gasteiger partial charge < -0.3 is 9.47 Å². The van der Waals surface area contributed by atoms with Crippen LogP contribution in [0.4, 0.5) is 0 Å². The summed E-state index contributed by atoms with van der Waals surface area (Å²) in [6.07, 6.45) is 3.50. The van der Waals surface area contributed by atoms with Crippen molar-refractivity contribution in [2.75, 3.05) is 14.2 Å². The van der Waals surface area contributed by atoms with Crippen LogP contribution in [-0.4, -0.2) is 34.4 Å². The molecule has 0 aliphatic rings. The number of ether oxygens (including phenoxy) is 2. The quantitative estimate of drug-likeness (QED) is 0.459. The van der Waals surface area contributed by atoms with E-state index in [4.69, 9.17) is 9.47 Å². The molecule has 20 heavy (non-hydrogen) atoms. The van der Waals surface area contributed by atoms with Gasteiger partial charge >= 0.3 is 5.97 Å². The van der Waals surface area contributed by atoms with Crippen LogP contribution in [0.1, 0.15) is 6.92 Å². The molecule has 1 aromatic rings. The Hall–Kier alpha value is -1.39. The molecule has 0 radical (unpaired) electrons. The molecule has 0 N–H and O–H groups in total. The highest BCUT2D eigenvalue weighted by Gasteiger charge is 2.41. The van der Waals surface area contributed by atoms with Crippen LogP contribution >= 0.6 is 0 Å². The van der Waals surface area contributed by atoms with E-state index in [9.17, 15) is 4.79 Å². The van der Waals surface area contributed by atoms with Gasteiger partial charge in [0.1, 0.15) is 0 Å². The van der Waals surface area contributed by atoms with Crippen molar-refractivity contribution in [2.24, 2.45) is 0 Å². The summed E-state index contributed by atoms with van der Waals surface area (Å²) in [5.74, 6) is -0.313. The summed E-state index contributed by atoms with van der Waals surface area (Å²) in [5.41, 5.74) is 0.0346. The molecule has 110 valence electrons. The molecule has 3 nitrogen and oxygen atoms in total. The molecule has 0 aliphatic carbocycles. The van der Waals surface area contributed by atoms with E-state index in [0.29, 0.717) is 0 Å². The zero-order valence-electron chi connectivity index (χ0n) is 12.9. The molecule has 1 aromatic carbocycles. The molecule has 0 aromatic heterocycles. The van der Waals surface area contributed by atoms with E-state index >= 15 is 0 Å². The number of rotatable bonds is 6. The average Bonchev–Trinajstić information content (AvgIpc) is 2.47. The van der Waals surface area contributed by atoms with Crippen molar-refractivity contribution in [3.05, 3.63) is 42.5 Å². The van der Waals surface area contributed by atoms with Gasteiger partial charge in [-0.15, -0.1) is 0 Å². The molecule has 0 bridgehead atoms. The summed E-state index contributed by atoms with van der Waals surface area (Å²) in [7, 11) is 1.06. The van der Waals surface area contributed by atoms with E-state index in [2.05, 4.69) is 31.3 Å². The second-order valence-corrected chi connectivity index (χ2v) is 10.0. The molecule has 0 heterocycles. The Morgan fingerprint density at radius 3 is 2.25 bits per heavy atom. The second kappa shape index (κ2) is 7.41. The third-order valence-electron chi connectivity index (χ3n) is 3.76. The van der Waals surface area contributed by atoms with Gasteiger partial charge in [0.05, 0.1) is 15.2 Å². The maximum absolute atomic E-state index is 12.0. The Morgan fingerprint density at radius 1 is 1.20 bits per heavy atom. The van der Waals surface area contributed by atoms with Crippen molar-refractivity contribution in [3.63, 3.8) is 0 Å². The van der Waals surface area contributed by atoms with Crippen LogP contribution < -0.4 is 5.19 Å². The maximum Gasteiger partial charge on any atom is 0.335 e. The molecule has 1 rings (SSSR count). The minimum absolute atomic E-state index is 0.0346. The smallest absolute Gasteiger partial charge is 0.335 e. The van der Waals surface area contributed by atoms with Gasteiger partial charge in [0.2, 0.25) is 0 Å². The van der Waals surface area contributed by atoms with E-state index in [1.54, 1.807) is 7.11 Å². The number of esters is 1. The number of benzene rings is 1. The fraction of sp³-hybridized carbons (Fsp3) is 0.438. The number of carbonyl (C=O) groups is 1. The lowest BCUT2D eigenvalue weighted by Gasteiger charge is -2.34. The van der Waals surface area contributed by atoms with Crippen LogP contribution in [0, 0.1) is 0 Å². The second-order valence-electron chi connectivity index (χ2n) is 5.32. The summed E-state index contributed by atoms with van der Waals surface area (Å²) in [6.45, 7) is 6.47. The molecule has 0 saturated carbocycles. The normalized spacial score (nSPS) is 15.1. The Bertz CT molecular complexity index is 454. The van der Waals surface area contributed by atoms with Crippen LogP contribution in [0.2, 0.25) is 18.6 Å². The standard InChI is InChI=1S/C16H24O3Si/c1-6-10-14(15(18-2)16(17)19-3)20(4,5)13-11-8-7-9-12-13/h6-12,14-15H,1-5H3/b10-6+/t14-,15+/m1/s1. The van der Waals surface area contributed by atoms with Gasteiger partial charge in [-0.05, 0) is 6.92 Å². The van der Waals surface area contributed by atoms with Crippen molar-refractivity contribution < 1.29 is 14.3 Å². The predicted octanol–water partition coefficient (Wildman–Crippen LogP) is 2.74. The van der Waals surface area contributed by atoms with Gasteiger partial charge in [0, 0.05) is 12.7 Å². The Labute approximate surface area is 122 Å². The summed E-state index contributed by atoms with van der Waals surface area (Å²) >= 11 is 0. The van der Waals surface area contributed by atoms with Gasteiger partial charge in [-0.1, -0.05) is 60.8 Å². The van der Waals surface area contributed by atoms with Crippen LogP contribution in [0.25, 0.3) is 0 Å². The lowest BCUT2D eigenvalue weighted by atomic mass is 10.2. The van der Waals surface area contributed by atoms with Crippen molar-refractivity contribution in [1.29, 1.82) is 0 Å². The van der Waals surface area contributed by atoms with E-state index in [1.807, 2.05) is 31.2 Å². The summed E-state index contributed by atoms with van der Waals surface area (Å²) < 4.78 is 10.3. The fourth-order valence-corrected chi connectivity index (χ4v) is 5.63. The first-order valence-corrected chi connectivity index (χ1v) is 9.85. The third-order valence-corrected chi connectivity index (χ3v) is 7.75. The average molecular weight is 292 g/mol. The molecule has 0 amide bonds. The van der Waals surface area contributed by atoms with Crippen molar-refractivity contribution in [1.82, 2.24) is 0 Å². The van der Waals surface area contributed by atoms with Crippen molar-refractivity contribution in [2.45, 2.75) is 31.7 Å². The zero-order chi connectivity index (χ0) is 15.2. The first-order valence-electron chi connectivity index (χ1n) is 6.78. The lowest BCUT2D eigenvalue weighted by molar-refractivity contribution is -0.152. The minimum atomic E-state index is -1.91. The summed E-state index contributed by atoms with van der Waals surface area (Å²) in [6, 6.07) is 10.3. The Balaban J connectivity index is 3.21. The van der Waals surface area contributed by atoms with Crippen LogP contribution in [0.5, 0.6) is 0 Å².